The van der Waals surface area contributed by atoms with Gasteiger partial charge < -0.3 is 18.0 Å². The Morgan fingerprint density at radius 1 is 0.955 bits per heavy atom. The third-order valence-corrected chi connectivity index (χ3v) is 6.16. The van der Waals surface area contributed by atoms with Gasteiger partial charge in [-0.15, -0.1) is 0 Å². The second kappa shape index (κ2) is 10.5. The highest BCUT2D eigenvalue weighted by Gasteiger charge is 2.39. The molecular formula is C16H26O5Si. The minimum absolute atomic E-state index is 0.558. The first-order valence-electron chi connectivity index (χ1n) is 7.79. The maximum atomic E-state index is 10.6. The van der Waals surface area contributed by atoms with Crippen LogP contribution in [0, 0.1) is 0 Å². The Balaban J connectivity index is 2.45. The summed E-state index contributed by atoms with van der Waals surface area (Å²) in [5.74, 6) is 0.752. The van der Waals surface area contributed by atoms with E-state index >= 15 is 0 Å². The molecule has 22 heavy (non-hydrogen) atoms. The summed E-state index contributed by atoms with van der Waals surface area (Å²) < 4.78 is 23.1. The van der Waals surface area contributed by atoms with E-state index < -0.39 is 8.80 Å². The second-order valence-corrected chi connectivity index (χ2v) is 7.35. The molecule has 0 aliphatic rings. The van der Waals surface area contributed by atoms with E-state index in [4.69, 9.17) is 18.0 Å². The van der Waals surface area contributed by atoms with E-state index in [-0.39, 0.29) is 0 Å². The molecule has 0 heterocycles. The molecule has 124 valence electrons. The van der Waals surface area contributed by atoms with Gasteiger partial charge in [0.15, 0.2) is 0 Å². The van der Waals surface area contributed by atoms with Gasteiger partial charge in [-0.3, -0.25) is 4.79 Å². The van der Waals surface area contributed by atoms with E-state index in [0.717, 1.165) is 24.5 Å². The molecule has 0 aliphatic heterocycles. The normalized spacial score (nSPS) is 11.4. The van der Waals surface area contributed by atoms with Gasteiger partial charge in [0.2, 0.25) is 0 Å². The summed E-state index contributed by atoms with van der Waals surface area (Å²) in [6.07, 6.45) is 1.61. The van der Waals surface area contributed by atoms with Crippen LogP contribution in [0.4, 0.5) is 0 Å². The lowest BCUT2D eigenvalue weighted by atomic mass is 10.2. The number of benzene rings is 1. The van der Waals surface area contributed by atoms with Gasteiger partial charge in [-0.05, 0) is 51.5 Å². The Hall–Kier alpha value is -1.21. The highest BCUT2D eigenvalue weighted by atomic mass is 28.4. The monoisotopic (exact) mass is 326 g/mol. The molecule has 1 rings (SSSR count). The standard InChI is InChI=1S/C16H26O5Si/c1-4-19-22(20-5-2,21-6-3)13-7-12-18-16-10-8-15(14-17)9-11-16/h8-11,14H,4-7,12-13H2,1-3H3. The molecule has 0 unspecified atom stereocenters. The number of hydrogen-bond donors (Lipinski definition) is 0. The summed E-state index contributed by atoms with van der Waals surface area (Å²) in [6.45, 7) is 8.16. The first-order valence-corrected chi connectivity index (χ1v) is 9.72. The van der Waals surface area contributed by atoms with Gasteiger partial charge in [0.25, 0.3) is 0 Å². The predicted octanol–water partition coefficient (Wildman–Crippen LogP) is 3.32. The molecule has 0 bridgehead atoms. The van der Waals surface area contributed by atoms with Crippen LogP contribution >= 0.6 is 0 Å². The smallest absolute Gasteiger partial charge is 0.494 e. The maximum absolute atomic E-state index is 10.6. The number of carbonyl (C=O) groups excluding carboxylic acids is 1. The lowest BCUT2D eigenvalue weighted by molar-refractivity contribution is 0.0696. The minimum Gasteiger partial charge on any atom is -0.494 e. The van der Waals surface area contributed by atoms with Crippen LogP contribution in [0.15, 0.2) is 24.3 Å². The van der Waals surface area contributed by atoms with Crippen LogP contribution in [-0.2, 0) is 13.3 Å². The largest absolute Gasteiger partial charge is 0.501 e. The molecule has 6 heteroatoms. The first kappa shape index (κ1) is 18.8. The highest BCUT2D eigenvalue weighted by molar-refractivity contribution is 6.60. The van der Waals surface area contributed by atoms with Crippen molar-refractivity contribution in [3.05, 3.63) is 29.8 Å². The van der Waals surface area contributed by atoms with Crippen LogP contribution < -0.4 is 4.74 Å². The van der Waals surface area contributed by atoms with Crippen LogP contribution in [-0.4, -0.2) is 41.5 Å². The Kier molecular flexibility index (Phi) is 8.99. The Bertz CT molecular complexity index is 404. The molecular weight excluding hydrogens is 300 g/mol. The van der Waals surface area contributed by atoms with Gasteiger partial charge in [-0.2, -0.15) is 0 Å². The van der Waals surface area contributed by atoms with E-state index in [9.17, 15) is 4.79 Å². The molecule has 0 saturated heterocycles. The molecule has 0 N–H and O–H groups in total. The van der Waals surface area contributed by atoms with Crippen molar-refractivity contribution >= 4 is 15.1 Å². The van der Waals surface area contributed by atoms with Gasteiger partial charge in [-0.1, -0.05) is 0 Å². The topological polar surface area (TPSA) is 54.0 Å². The maximum Gasteiger partial charge on any atom is 0.501 e. The summed E-state index contributed by atoms with van der Waals surface area (Å²) >= 11 is 0. The van der Waals surface area contributed by atoms with Crippen molar-refractivity contribution in [2.75, 3.05) is 26.4 Å². The summed E-state index contributed by atoms with van der Waals surface area (Å²) in [5, 5.41) is 0. The molecule has 1 aromatic rings. The van der Waals surface area contributed by atoms with Crippen molar-refractivity contribution in [1.82, 2.24) is 0 Å². The van der Waals surface area contributed by atoms with Crippen LogP contribution in [0.25, 0.3) is 0 Å². The average Bonchev–Trinajstić information content (AvgIpc) is 2.53. The fourth-order valence-corrected chi connectivity index (χ4v) is 4.70. The van der Waals surface area contributed by atoms with Crippen LogP contribution in [0.3, 0.4) is 0 Å². The van der Waals surface area contributed by atoms with E-state index in [1.165, 1.54) is 0 Å². The minimum atomic E-state index is -2.57. The molecule has 0 aliphatic carbocycles. The lowest BCUT2D eigenvalue weighted by Gasteiger charge is -2.28. The van der Waals surface area contributed by atoms with Crippen molar-refractivity contribution in [2.24, 2.45) is 0 Å². The van der Waals surface area contributed by atoms with Crippen LogP contribution in [0.5, 0.6) is 5.75 Å². The lowest BCUT2D eigenvalue weighted by Crippen LogP contribution is -2.46. The van der Waals surface area contributed by atoms with Crippen LogP contribution in [0.2, 0.25) is 6.04 Å². The quantitative estimate of drug-likeness (QED) is 0.335. The summed E-state index contributed by atoms with van der Waals surface area (Å²) in [7, 11) is -2.57. The fraction of sp³-hybridized carbons (Fsp3) is 0.562. The summed E-state index contributed by atoms with van der Waals surface area (Å²) in [5.41, 5.74) is 0.641. The Morgan fingerprint density at radius 2 is 1.50 bits per heavy atom. The zero-order valence-electron chi connectivity index (χ0n) is 13.7. The van der Waals surface area contributed by atoms with E-state index in [1.54, 1.807) is 24.3 Å². The zero-order chi connectivity index (χ0) is 16.3. The predicted molar refractivity (Wildman–Crippen MR) is 87.4 cm³/mol. The molecule has 0 spiro atoms. The molecule has 0 amide bonds. The van der Waals surface area contributed by atoms with Gasteiger partial charge in [0.05, 0.1) is 6.61 Å². The highest BCUT2D eigenvalue weighted by Crippen LogP contribution is 2.19. The van der Waals surface area contributed by atoms with Crippen molar-refractivity contribution in [3.63, 3.8) is 0 Å². The zero-order valence-corrected chi connectivity index (χ0v) is 14.7. The first-order chi connectivity index (χ1) is 10.7. The molecule has 0 atom stereocenters. The van der Waals surface area contributed by atoms with Gasteiger partial charge in [0.1, 0.15) is 12.0 Å². The molecule has 0 aromatic heterocycles. The SMILES string of the molecule is CCO[Si](CCCOc1ccc(C=O)cc1)(OCC)OCC. The third kappa shape index (κ3) is 6.27. The van der Waals surface area contributed by atoms with Crippen molar-refractivity contribution in [2.45, 2.75) is 33.2 Å². The number of rotatable bonds is 12. The molecule has 1 aromatic carbocycles. The van der Waals surface area contributed by atoms with Gasteiger partial charge >= 0.3 is 8.80 Å². The summed E-state index contributed by atoms with van der Waals surface area (Å²) in [6, 6.07) is 7.79. The second-order valence-electron chi connectivity index (χ2n) is 4.62. The molecule has 5 nitrogen and oxygen atoms in total. The van der Waals surface area contributed by atoms with Crippen molar-refractivity contribution in [3.8, 4) is 5.75 Å². The number of aldehydes is 1. The number of carbonyl (C=O) groups is 1. The summed E-state index contributed by atoms with van der Waals surface area (Å²) in [4.78, 5) is 10.6. The average molecular weight is 326 g/mol. The van der Waals surface area contributed by atoms with Crippen molar-refractivity contribution < 1.29 is 22.8 Å². The van der Waals surface area contributed by atoms with E-state index in [1.807, 2.05) is 20.8 Å². The molecule has 0 radical (unpaired) electrons. The number of hydrogen-bond acceptors (Lipinski definition) is 5. The van der Waals surface area contributed by atoms with Crippen LogP contribution in [0.1, 0.15) is 37.6 Å². The third-order valence-electron chi connectivity index (χ3n) is 3.00. The number of ether oxygens (including phenoxy) is 1. The van der Waals surface area contributed by atoms with E-state index in [0.29, 0.717) is 32.0 Å². The van der Waals surface area contributed by atoms with Gasteiger partial charge in [-0.25, -0.2) is 0 Å². The molecule has 0 saturated carbocycles. The fourth-order valence-electron chi connectivity index (χ4n) is 2.12. The van der Waals surface area contributed by atoms with E-state index in [2.05, 4.69) is 0 Å². The Morgan fingerprint density at radius 3 is 1.95 bits per heavy atom. The molecule has 0 fully saturated rings. The van der Waals surface area contributed by atoms with Gasteiger partial charge in [0, 0.05) is 31.4 Å². The van der Waals surface area contributed by atoms with Crippen molar-refractivity contribution in [1.29, 1.82) is 0 Å². The Labute approximate surface area is 133 Å².